The molecule has 0 spiro atoms. The molecule has 1 N–H and O–H groups in total. The van der Waals surface area contributed by atoms with Crippen LogP contribution in [0.25, 0.3) is 0 Å². The lowest BCUT2D eigenvalue weighted by Crippen LogP contribution is -2.33. The van der Waals surface area contributed by atoms with Crippen molar-refractivity contribution in [3.8, 4) is 0 Å². The van der Waals surface area contributed by atoms with E-state index in [1.807, 2.05) is 13.0 Å². The second-order valence-corrected chi connectivity index (χ2v) is 5.38. The molecule has 0 aliphatic rings. The van der Waals surface area contributed by atoms with E-state index in [-0.39, 0.29) is 18.0 Å². The first-order valence-electron chi connectivity index (χ1n) is 6.23. The number of carbonyl (C=O) groups is 1. The predicted octanol–water partition coefficient (Wildman–Crippen LogP) is 3.63. The lowest BCUT2D eigenvalue weighted by molar-refractivity contribution is -0.124. The van der Waals surface area contributed by atoms with Gasteiger partial charge in [0.05, 0.1) is 16.1 Å². The Kier molecular flexibility index (Phi) is 4.68. The number of rotatable bonds is 4. The summed E-state index contributed by atoms with van der Waals surface area (Å²) in [6.45, 7) is 3.69. The first kappa shape index (κ1) is 14.9. The Balaban J connectivity index is 2.05. The minimum absolute atomic E-state index is 0.104. The van der Waals surface area contributed by atoms with Crippen LogP contribution in [0.5, 0.6) is 0 Å². The molecule has 1 aromatic carbocycles. The van der Waals surface area contributed by atoms with Crippen LogP contribution in [0.3, 0.4) is 0 Å². The molecule has 0 aliphatic heterocycles. The molecule has 4 nitrogen and oxygen atoms in total. The van der Waals surface area contributed by atoms with Gasteiger partial charge in [0.2, 0.25) is 5.91 Å². The highest BCUT2D eigenvalue weighted by atomic mass is 35.5. The Hall–Kier alpha value is -1.52. The number of hydrogen-bond donors (Lipinski definition) is 1. The van der Waals surface area contributed by atoms with Crippen molar-refractivity contribution in [2.45, 2.75) is 25.9 Å². The van der Waals surface area contributed by atoms with Gasteiger partial charge in [-0.1, -0.05) is 29.3 Å². The molecular weight excluding hydrogens is 297 g/mol. The summed E-state index contributed by atoms with van der Waals surface area (Å²) in [6.07, 6.45) is 3.40. The highest BCUT2D eigenvalue weighted by Crippen LogP contribution is 2.25. The van der Waals surface area contributed by atoms with Crippen LogP contribution in [0.1, 0.15) is 31.5 Å². The Morgan fingerprint density at radius 2 is 2.05 bits per heavy atom. The molecule has 106 valence electrons. The van der Waals surface area contributed by atoms with Gasteiger partial charge in [0.25, 0.3) is 0 Å². The second-order valence-electron chi connectivity index (χ2n) is 4.57. The van der Waals surface area contributed by atoms with Crippen LogP contribution in [-0.4, -0.2) is 15.7 Å². The van der Waals surface area contributed by atoms with Gasteiger partial charge in [0.1, 0.15) is 6.04 Å². The molecule has 0 bridgehead atoms. The van der Waals surface area contributed by atoms with E-state index in [1.54, 1.807) is 42.2 Å². The second kappa shape index (κ2) is 6.29. The van der Waals surface area contributed by atoms with Gasteiger partial charge in [-0.15, -0.1) is 0 Å². The van der Waals surface area contributed by atoms with Gasteiger partial charge < -0.3 is 5.32 Å². The Labute approximate surface area is 127 Å². The first-order chi connectivity index (χ1) is 9.49. The molecule has 1 aromatic heterocycles. The highest BCUT2D eigenvalue weighted by molar-refractivity contribution is 6.42. The zero-order valence-electron chi connectivity index (χ0n) is 11.2. The molecular formula is C14H15Cl2N3O. The normalized spacial score (nSPS) is 13.8. The lowest BCUT2D eigenvalue weighted by atomic mass is 10.1. The zero-order valence-corrected chi connectivity index (χ0v) is 12.7. The Bertz CT molecular complexity index is 598. The van der Waals surface area contributed by atoms with Crippen LogP contribution in [0, 0.1) is 0 Å². The van der Waals surface area contributed by atoms with E-state index in [1.165, 1.54) is 0 Å². The van der Waals surface area contributed by atoms with Crippen molar-refractivity contribution in [3.05, 3.63) is 52.3 Å². The highest BCUT2D eigenvalue weighted by Gasteiger charge is 2.18. The minimum Gasteiger partial charge on any atom is -0.348 e. The molecule has 0 saturated heterocycles. The fourth-order valence-electron chi connectivity index (χ4n) is 1.83. The maximum Gasteiger partial charge on any atom is 0.245 e. The van der Waals surface area contributed by atoms with E-state index in [4.69, 9.17) is 23.2 Å². The summed E-state index contributed by atoms with van der Waals surface area (Å²) in [4.78, 5) is 12.1. The van der Waals surface area contributed by atoms with Crippen LogP contribution in [0.15, 0.2) is 36.7 Å². The van der Waals surface area contributed by atoms with Gasteiger partial charge in [-0.2, -0.15) is 5.10 Å². The topological polar surface area (TPSA) is 46.9 Å². The molecule has 1 amide bonds. The van der Waals surface area contributed by atoms with E-state index in [9.17, 15) is 4.79 Å². The molecule has 20 heavy (non-hydrogen) atoms. The summed E-state index contributed by atoms with van der Waals surface area (Å²) >= 11 is 11.9. The Morgan fingerprint density at radius 1 is 1.30 bits per heavy atom. The minimum atomic E-state index is -0.366. The first-order valence-corrected chi connectivity index (χ1v) is 6.99. The molecule has 6 heteroatoms. The summed E-state index contributed by atoms with van der Waals surface area (Å²) in [7, 11) is 0. The fourth-order valence-corrected chi connectivity index (χ4v) is 2.14. The summed E-state index contributed by atoms with van der Waals surface area (Å²) in [5.74, 6) is -0.104. The summed E-state index contributed by atoms with van der Waals surface area (Å²) in [5.41, 5.74) is 0.903. The van der Waals surface area contributed by atoms with Gasteiger partial charge in [-0.05, 0) is 37.6 Å². The van der Waals surface area contributed by atoms with Crippen molar-refractivity contribution in [2.75, 3.05) is 0 Å². The Morgan fingerprint density at radius 3 is 2.65 bits per heavy atom. The maximum absolute atomic E-state index is 12.1. The number of hydrogen-bond acceptors (Lipinski definition) is 2. The average molecular weight is 312 g/mol. The maximum atomic E-state index is 12.1. The number of halogens is 2. The molecule has 0 fully saturated rings. The lowest BCUT2D eigenvalue weighted by Gasteiger charge is -2.18. The summed E-state index contributed by atoms with van der Waals surface area (Å²) in [5, 5.41) is 7.97. The summed E-state index contributed by atoms with van der Waals surface area (Å²) < 4.78 is 1.61. The van der Waals surface area contributed by atoms with E-state index >= 15 is 0 Å². The van der Waals surface area contributed by atoms with E-state index in [2.05, 4.69) is 10.4 Å². The van der Waals surface area contributed by atoms with Crippen LogP contribution in [0.4, 0.5) is 0 Å². The fraction of sp³-hybridized carbons (Fsp3) is 0.286. The van der Waals surface area contributed by atoms with Gasteiger partial charge in [-0.3, -0.25) is 9.48 Å². The third kappa shape index (κ3) is 3.32. The van der Waals surface area contributed by atoms with E-state index in [0.29, 0.717) is 10.0 Å². The van der Waals surface area contributed by atoms with E-state index in [0.717, 1.165) is 5.56 Å². The largest absolute Gasteiger partial charge is 0.348 e. The molecule has 1 heterocycles. The van der Waals surface area contributed by atoms with Crippen molar-refractivity contribution >= 4 is 29.1 Å². The quantitative estimate of drug-likeness (QED) is 0.937. The van der Waals surface area contributed by atoms with Crippen LogP contribution < -0.4 is 5.32 Å². The van der Waals surface area contributed by atoms with Crippen LogP contribution in [0.2, 0.25) is 10.0 Å². The van der Waals surface area contributed by atoms with Crippen LogP contribution in [-0.2, 0) is 4.79 Å². The molecule has 0 saturated carbocycles. The van der Waals surface area contributed by atoms with Crippen molar-refractivity contribution in [1.29, 1.82) is 0 Å². The molecule has 0 aliphatic carbocycles. The summed E-state index contributed by atoms with van der Waals surface area (Å²) in [6, 6.07) is 6.58. The van der Waals surface area contributed by atoms with Crippen molar-refractivity contribution in [2.24, 2.45) is 0 Å². The standard InChI is InChI=1S/C14H15Cl2N3O/c1-9(11-4-5-12(15)13(16)8-11)18-14(20)10(2)19-7-3-6-17-19/h3-10H,1-2H3,(H,18,20). The monoisotopic (exact) mass is 311 g/mol. The number of benzene rings is 1. The molecule has 2 atom stereocenters. The molecule has 2 aromatic rings. The van der Waals surface area contributed by atoms with Crippen molar-refractivity contribution < 1.29 is 4.79 Å². The van der Waals surface area contributed by atoms with Crippen molar-refractivity contribution in [3.63, 3.8) is 0 Å². The number of carbonyl (C=O) groups excluding carboxylic acids is 1. The number of nitrogens with one attached hydrogen (secondary N) is 1. The SMILES string of the molecule is CC(NC(=O)C(C)n1cccn1)c1ccc(Cl)c(Cl)c1. The van der Waals surface area contributed by atoms with Gasteiger partial charge in [-0.25, -0.2) is 0 Å². The molecule has 2 unspecified atom stereocenters. The predicted molar refractivity (Wildman–Crippen MR) is 80.0 cm³/mol. The molecule has 0 radical (unpaired) electrons. The van der Waals surface area contributed by atoms with Crippen molar-refractivity contribution in [1.82, 2.24) is 15.1 Å². The number of amides is 1. The number of aromatic nitrogens is 2. The van der Waals surface area contributed by atoms with Gasteiger partial charge >= 0.3 is 0 Å². The third-order valence-electron chi connectivity index (χ3n) is 3.10. The van der Waals surface area contributed by atoms with Gasteiger partial charge in [0.15, 0.2) is 0 Å². The van der Waals surface area contributed by atoms with E-state index < -0.39 is 0 Å². The average Bonchev–Trinajstić information content (AvgIpc) is 2.94. The molecule has 2 rings (SSSR count). The third-order valence-corrected chi connectivity index (χ3v) is 3.84. The number of nitrogens with zero attached hydrogens (tertiary/aromatic N) is 2. The van der Waals surface area contributed by atoms with Crippen LogP contribution >= 0.6 is 23.2 Å². The smallest absolute Gasteiger partial charge is 0.245 e. The zero-order chi connectivity index (χ0) is 14.7. The van der Waals surface area contributed by atoms with Gasteiger partial charge in [0, 0.05) is 12.4 Å².